The molecule has 2 N–H and O–H groups in total. The lowest BCUT2D eigenvalue weighted by Crippen LogP contribution is -2.22. The van der Waals surface area contributed by atoms with Gasteiger partial charge in [0.25, 0.3) is 5.91 Å². The van der Waals surface area contributed by atoms with Crippen molar-refractivity contribution in [2.45, 2.75) is 20.4 Å². The Morgan fingerprint density at radius 2 is 2.10 bits per heavy atom. The molecule has 2 rings (SSSR count). The van der Waals surface area contributed by atoms with Crippen LogP contribution in [-0.4, -0.2) is 17.0 Å². The predicted molar refractivity (Wildman–Crippen MR) is 78.2 cm³/mol. The molecule has 0 radical (unpaired) electrons. The summed E-state index contributed by atoms with van der Waals surface area (Å²) in [6, 6.07) is 6.83. The Kier molecular flexibility index (Phi) is 4.59. The number of amides is 2. The van der Waals surface area contributed by atoms with Gasteiger partial charge in [0.15, 0.2) is 5.82 Å². The van der Waals surface area contributed by atoms with Crippen molar-refractivity contribution in [1.82, 2.24) is 10.5 Å². The Morgan fingerprint density at radius 1 is 1.33 bits per heavy atom. The van der Waals surface area contributed by atoms with Gasteiger partial charge in [-0.3, -0.25) is 9.59 Å². The normalized spacial score (nSPS) is 10.2. The van der Waals surface area contributed by atoms with Crippen molar-refractivity contribution in [2.24, 2.45) is 0 Å². The zero-order valence-corrected chi connectivity index (χ0v) is 12.3. The molecule has 2 aromatic rings. The fourth-order valence-electron chi connectivity index (χ4n) is 1.71. The van der Waals surface area contributed by atoms with Gasteiger partial charge < -0.3 is 15.2 Å². The summed E-state index contributed by atoms with van der Waals surface area (Å²) in [6.07, 6.45) is 0. The van der Waals surface area contributed by atoms with E-state index in [0.29, 0.717) is 11.6 Å². The number of nitrogens with zero attached hydrogens (tertiary/aromatic N) is 1. The second-order valence-electron chi connectivity index (χ2n) is 4.51. The smallest absolute Gasteiger partial charge is 0.290 e. The lowest BCUT2D eigenvalue weighted by Gasteiger charge is -2.07. The van der Waals surface area contributed by atoms with Crippen molar-refractivity contribution in [3.05, 3.63) is 46.2 Å². The Morgan fingerprint density at radius 3 is 2.81 bits per heavy atom. The minimum absolute atomic E-state index is 0.0263. The van der Waals surface area contributed by atoms with Crippen molar-refractivity contribution in [3.63, 3.8) is 0 Å². The SMILES string of the molecule is CC(=O)Nc1cc(C(=O)NCc2cc(Cl)ccc2C)on1. The highest BCUT2D eigenvalue weighted by atomic mass is 35.5. The molecule has 1 heterocycles. The molecule has 0 saturated carbocycles. The number of carbonyl (C=O) groups is 2. The largest absolute Gasteiger partial charge is 0.349 e. The third kappa shape index (κ3) is 4.06. The minimum Gasteiger partial charge on any atom is -0.349 e. The van der Waals surface area contributed by atoms with Crippen LogP contribution in [0.4, 0.5) is 5.82 Å². The molecule has 0 aliphatic rings. The van der Waals surface area contributed by atoms with Crippen molar-refractivity contribution >= 4 is 29.2 Å². The summed E-state index contributed by atoms with van der Waals surface area (Å²) in [5.41, 5.74) is 1.94. The van der Waals surface area contributed by atoms with Crippen molar-refractivity contribution in [2.75, 3.05) is 5.32 Å². The van der Waals surface area contributed by atoms with Crippen LogP contribution in [0.3, 0.4) is 0 Å². The molecule has 6 nitrogen and oxygen atoms in total. The number of anilines is 1. The summed E-state index contributed by atoms with van der Waals surface area (Å²) in [5, 5.41) is 9.32. The molecule has 1 aromatic heterocycles. The standard InChI is InChI=1S/C14H14ClN3O3/c1-8-3-4-11(15)5-10(8)7-16-14(20)12-6-13(18-21-12)17-9(2)19/h3-6H,7H2,1-2H3,(H,16,20)(H,17,18,19). The molecule has 1 aromatic carbocycles. The summed E-state index contributed by atoms with van der Waals surface area (Å²) in [6.45, 7) is 3.60. The lowest BCUT2D eigenvalue weighted by molar-refractivity contribution is -0.114. The monoisotopic (exact) mass is 307 g/mol. The number of hydrogen-bond acceptors (Lipinski definition) is 4. The fourth-order valence-corrected chi connectivity index (χ4v) is 1.91. The Hall–Kier alpha value is -2.34. The first-order valence-corrected chi connectivity index (χ1v) is 6.61. The number of carbonyl (C=O) groups excluding carboxylic acids is 2. The van der Waals surface area contributed by atoms with Gasteiger partial charge in [0.2, 0.25) is 11.7 Å². The number of hydrogen-bond donors (Lipinski definition) is 2. The average Bonchev–Trinajstić information content (AvgIpc) is 2.87. The van der Waals surface area contributed by atoms with E-state index < -0.39 is 5.91 Å². The molecule has 0 aliphatic carbocycles. The van der Waals surface area contributed by atoms with E-state index >= 15 is 0 Å². The van der Waals surface area contributed by atoms with Crippen molar-refractivity contribution in [3.8, 4) is 0 Å². The number of rotatable bonds is 4. The number of benzene rings is 1. The van der Waals surface area contributed by atoms with Gasteiger partial charge in [-0.2, -0.15) is 0 Å². The van der Waals surface area contributed by atoms with Crippen LogP contribution >= 0.6 is 11.6 Å². The van der Waals surface area contributed by atoms with Gasteiger partial charge in [0.05, 0.1) is 0 Å². The number of nitrogens with one attached hydrogen (secondary N) is 2. The van der Waals surface area contributed by atoms with E-state index in [2.05, 4.69) is 15.8 Å². The highest BCUT2D eigenvalue weighted by molar-refractivity contribution is 6.30. The van der Waals surface area contributed by atoms with Gasteiger partial charge in [0.1, 0.15) is 0 Å². The maximum Gasteiger partial charge on any atom is 0.290 e. The van der Waals surface area contributed by atoms with Crippen molar-refractivity contribution in [1.29, 1.82) is 0 Å². The number of halogens is 1. The van der Waals surface area contributed by atoms with Gasteiger partial charge in [-0.05, 0) is 30.2 Å². The summed E-state index contributed by atoms with van der Waals surface area (Å²) in [7, 11) is 0. The molecule has 0 bridgehead atoms. The molecule has 2 amide bonds. The molecule has 0 fully saturated rings. The second kappa shape index (κ2) is 6.41. The van der Waals surface area contributed by atoms with Crippen LogP contribution in [-0.2, 0) is 11.3 Å². The van der Waals surface area contributed by atoms with Crippen LogP contribution in [0.25, 0.3) is 0 Å². The fraction of sp³-hybridized carbons (Fsp3) is 0.214. The zero-order chi connectivity index (χ0) is 15.4. The summed E-state index contributed by atoms with van der Waals surface area (Å²) < 4.78 is 4.87. The van der Waals surface area contributed by atoms with Crippen LogP contribution in [0.1, 0.15) is 28.6 Å². The Balaban J connectivity index is 2.00. The molecule has 110 valence electrons. The Labute approximate surface area is 126 Å². The summed E-state index contributed by atoms with van der Waals surface area (Å²) in [4.78, 5) is 22.8. The molecule has 0 aliphatic heterocycles. The van der Waals surface area contributed by atoms with E-state index in [1.165, 1.54) is 13.0 Å². The molecule has 7 heteroatoms. The van der Waals surface area contributed by atoms with Gasteiger partial charge in [0, 0.05) is 24.6 Å². The highest BCUT2D eigenvalue weighted by Gasteiger charge is 2.13. The highest BCUT2D eigenvalue weighted by Crippen LogP contribution is 2.15. The molecule has 0 atom stereocenters. The van der Waals surface area contributed by atoms with E-state index in [0.717, 1.165) is 11.1 Å². The van der Waals surface area contributed by atoms with Crippen molar-refractivity contribution < 1.29 is 14.1 Å². The molecular formula is C14H14ClN3O3. The van der Waals surface area contributed by atoms with Crippen LogP contribution in [0.2, 0.25) is 5.02 Å². The topological polar surface area (TPSA) is 84.2 Å². The van der Waals surface area contributed by atoms with Gasteiger partial charge in [-0.25, -0.2) is 0 Å². The van der Waals surface area contributed by atoms with E-state index in [-0.39, 0.29) is 17.5 Å². The molecular weight excluding hydrogens is 294 g/mol. The lowest BCUT2D eigenvalue weighted by atomic mass is 10.1. The van der Waals surface area contributed by atoms with Gasteiger partial charge >= 0.3 is 0 Å². The van der Waals surface area contributed by atoms with Gasteiger partial charge in [-0.15, -0.1) is 0 Å². The molecule has 0 spiro atoms. The first-order valence-electron chi connectivity index (χ1n) is 6.23. The van der Waals surface area contributed by atoms with E-state index in [1.54, 1.807) is 12.1 Å². The zero-order valence-electron chi connectivity index (χ0n) is 11.6. The molecule has 0 saturated heterocycles. The maximum absolute atomic E-state index is 11.9. The first kappa shape index (κ1) is 15.1. The summed E-state index contributed by atoms with van der Waals surface area (Å²) in [5.74, 6) is -0.478. The average molecular weight is 308 g/mol. The summed E-state index contributed by atoms with van der Waals surface area (Å²) >= 11 is 5.92. The van der Waals surface area contributed by atoms with Crippen LogP contribution in [0, 0.1) is 6.92 Å². The van der Waals surface area contributed by atoms with Crippen LogP contribution in [0.5, 0.6) is 0 Å². The molecule has 21 heavy (non-hydrogen) atoms. The minimum atomic E-state index is -0.418. The van der Waals surface area contributed by atoms with E-state index in [1.807, 2.05) is 13.0 Å². The van der Waals surface area contributed by atoms with E-state index in [9.17, 15) is 9.59 Å². The predicted octanol–water partition coefficient (Wildman–Crippen LogP) is 2.52. The van der Waals surface area contributed by atoms with Crippen LogP contribution in [0.15, 0.2) is 28.8 Å². The number of aromatic nitrogens is 1. The molecule has 0 unspecified atom stereocenters. The first-order chi connectivity index (χ1) is 9.95. The van der Waals surface area contributed by atoms with Crippen LogP contribution < -0.4 is 10.6 Å². The van der Waals surface area contributed by atoms with E-state index in [4.69, 9.17) is 16.1 Å². The number of aryl methyl sites for hydroxylation is 1. The quantitative estimate of drug-likeness (QED) is 0.909. The second-order valence-corrected chi connectivity index (χ2v) is 4.95. The third-order valence-electron chi connectivity index (χ3n) is 2.79. The van der Waals surface area contributed by atoms with Gasteiger partial charge in [-0.1, -0.05) is 22.8 Å². The third-order valence-corrected chi connectivity index (χ3v) is 3.02. The Bertz CT molecular complexity index is 682. The maximum atomic E-state index is 11.9.